The van der Waals surface area contributed by atoms with Gasteiger partial charge in [-0.05, 0) is 53.9 Å². The third kappa shape index (κ3) is 5.01. The quantitative estimate of drug-likeness (QED) is 0.0853. The minimum atomic E-state index is -4.78. The fourth-order valence-corrected chi connectivity index (χ4v) is 4.72. The zero-order valence-corrected chi connectivity index (χ0v) is 21.1. The van der Waals surface area contributed by atoms with Crippen LogP contribution in [0.4, 0.5) is 28.4 Å². The molecule has 13 heteroatoms. The highest BCUT2D eigenvalue weighted by molar-refractivity contribution is 7.86. The predicted octanol–water partition coefficient (Wildman–Crippen LogP) is 6.76. The van der Waals surface area contributed by atoms with Crippen molar-refractivity contribution < 1.29 is 33.1 Å². The number of azo groups is 2. The zero-order valence-electron chi connectivity index (χ0n) is 20.3. The molecule has 5 aromatic rings. The number of anilines is 1. The first-order valence-electron chi connectivity index (χ1n) is 11.5. The molecule has 0 amide bonds. The lowest BCUT2D eigenvalue weighted by Crippen LogP contribution is -1.99. The molecule has 6 N–H and O–H groups in total. The van der Waals surface area contributed by atoms with Gasteiger partial charge in [0, 0.05) is 21.8 Å². The fourth-order valence-electron chi connectivity index (χ4n) is 4.07. The normalized spacial score (nSPS) is 12.1. The zero-order chi connectivity index (χ0) is 28.6. The van der Waals surface area contributed by atoms with E-state index in [-0.39, 0.29) is 16.6 Å². The van der Waals surface area contributed by atoms with Crippen LogP contribution >= 0.6 is 0 Å². The summed E-state index contributed by atoms with van der Waals surface area (Å²) >= 11 is 0. The third-order valence-corrected chi connectivity index (χ3v) is 6.84. The van der Waals surface area contributed by atoms with Crippen molar-refractivity contribution in [2.24, 2.45) is 20.5 Å². The number of carboxylic acids is 1. The first-order chi connectivity index (χ1) is 19.0. The van der Waals surface area contributed by atoms with Crippen molar-refractivity contribution in [1.29, 1.82) is 0 Å². The summed E-state index contributed by atoms with van der Waals surface area (Å²) in [6.07, 6.45) is 0. The molecule has 0 aliphatic heterocycles. The SMILES string of the molecule is Nc1ccc2cc(S(=O)(=O)O)c(N=Nc3ccc(N=Nc4ccc(O)c(C(=O)O)c4)c4ccccc34)c(O)c2c1. The standard InChI is InChI=1S/C27H19N5O7S/c28-15-6-5-14-11-24(40(37,38)39)25(26(34)19(14)12-15)32-31-22-9-8-21(17-3-1-2-4-18(17)22)30-29-16-7-10-23(33)20(13-16)27(35)36/h1-13,33-34H,28H2,(H,35,36)(H,37,38,39). The number of fused-ring (bicyclic) bond motifs is 2. The Kier molecular flexibility index (Phi) is 6.59. The molecular weight excluding hydrogens is 538 g/mol. The van der Waals surface area contributed by atoms with Crippen LogP contribution in [-0.2, 0) is 10.1 Å². The van der Waals surface area contributed by atoms with Crippen LogP contribution in [0, 0.1) is 0 Å². The molecule has 0 heterocycles. The van der Waals surface area contributed by atoms with Crippen LogP contribution in [0.5, 0.6) is 11.5 Å². The van der Waals surface area contributed by atoms with Gasteiger partial charge in [0.2, 0.25) is 0 Å². The molecule has 0 aliphatic rings. The third-order valence-electron chi connectivity index (χ3n) is 5.97. The van der Waals surface area contributed by atoms with Gasteiger partial charge in [0.1, 0.15) is 21.9 Å². The van der Waals surface area contributed by atoms with Crippen LogP contribution < -0.4 is 5.73 Å². The molecule has 0 unspecified atom stereocenters. The number of nitrogens with zero attached hydrogens (tertiary/aromatic N) is 4. The number of rotatable bonds is 6. The number of carbonyl (C=O) groups is 1. The minimum Gasteiger partial charge on any atom is -0.507 e. The molecule has 5 aromatic carbocycles. The molecule has 0 atom stereocenters. The molecule has 0 fully saturated rings. The smallest absolute Gasteiger partial charge is 0.339 e. The maximum absolute atomic E-state index is 12.1. The van der Waals surface area contributed by atoms with Crippen LogP contribution in [0.3, 0.4) is 0 Å². The van der Waals surface area contributed by atoms with Crippen molar-refractivity contribution in [2.75, 3.05) is 5.73 Å². The molecule has 0 aromatic heterocycles. The first-order valence-corrected chi connectivity index (χ1v) is 12.9. The van der Waals surface area contributed by atoms with Crippen LogP contribution in [-0.4, -0.2) is 34.3 Å². The van der Waals surface area contributed by atoms with Gasteiger partial charge in [0.15, 0.2) is 5.75 Å². The number of hydrogen-bond acceptors (Lipinski definition) is 10. The lowest BCUT2D eigenvalue weighted by Gasteiger charge is -2.09. The average molecular weight is 558 g/mol. The molecule has 5 rings (SSSR count). The maximum atomic E-state index is 12.1. The minimum absolute atomic E-state index is 0.202. The lowest BCUT2D eigenvalue weighted by molar-refractivity contribution is 0.0693. The van der Waals surface area contributed by atoms with E-state index in [0.717, 1.165) is 0 Å². The van der Waals surface area contributed by atoms with E-state index in [2.05, 4.69) is 20.5 Å². The molecule has 40 heavy (non-hydrogen) atoms. The van der Waals surface area contributed by atoms with E-state index in [0.29, 0.717) is 33.2 Å². The largest absolute Gasteiger partial charge is 0.507 e. The number of benzene rings is 5. The summed E-state index contributed by atoms with van der Waals surface area (Å²) in [6, 6.07) is 19.5. The predicted molar refractivity (Wildman–Crippen MR) is 147 cm³/mol. The molecule has 0 saturated heterocycles. The Bertz CT molecular complexity index is 2010. The van der Waals surface area contributed by atoms with Crippen molar-refractivity contribution >= 4 is 66.1 Å². The molecule has 0 aliphatic carbocycles. The van der Waals surface area contributed by atoms with Gasteiger partial charge in [-0.2, -0.15) is 13.5 Å². The van der Waals surface area contributed by atoms with E-state index in [1.807, 2.05) is 0 Å². The van der Waals surface area contributed by atoms with Crippen molar-refractivity contribution in [2.45, 2.75) is 4.90 Å². The topological polar surface area (TPSA) is 208 Å². The van der Waals surface area contributed by atoms with Crippen molar-refractivity contribution in [3.05, 3.63) is 84.4 Å². The highest BCUT2D eigenvalue weighted by atomic mass is 32.2. The van der Waals surface area contributed by atoms with E-state index in [9.17, 15) is 33.1 Å². The van der Waals surface area contributed by atoms with Gasteiger partial charge >= 0.3 is 5.97 Å². The number of phenols is 2. The summed E-state index contributed by atoms with van der Waals surface area (Å²) in [7, 11) is -4.78. The highest BCUT2D eigenvalue weighted by Crippen LogP contribution is 2.43. The van der Waals surface area contributed by atoms with E-state index >= 15 is 0 Å². The van der Waals surface area contributed by atoms with Gasteiger partial charge in [-0.1, -0.05) is 30.3 Å². The molecule has 0 bridgehead atoms. The molecule has 0 spiro atoms. The number of nitrogens with two attached hydrogens (primary N) is 1. The number of nitrogen functional groups attached to an aromatic ring is 1. The van der Waals surface area contributed by atoms with Gasteiger partial charge < -0.3 is 21.1 Å². The second-order valence-electron chi connectivity index (χ2n) is 8.58. The van der Waals surface area contributed by atoms with Gasteiger partial charge in [-0.3, -0.25) is 4.55 Å². The van der Waals surface area contributed by atoms with E-state index in [1.54, 1.807) is 36.4 Å². The Hall–Kier alpha value is -5.40. The van der Waals surface area contributed by atoms with Crippen LogP contribution in [0.15, 0.2) is 104 Å². The number of carboxylic acid groups (broad SMARTS) is 1. The summed E-state index contributed by atoms with van der Waals surface area (Å²) in [4.78, 5) is 10.7. The van der Waals surface area contributed by atoms with Gasteiger partial charge in [0.25, 0.3) is 10.1 Å². The monoisotopic (exact) mass is 557 g/mol. The van der Waals surface area contributed by atoms with Crippen molar-refractivity contribution in [1.82, 2.24) is 0 Å². The van der Waals surface area contributed by atoms with Crippen LogP contribution in [0.1, 0.15) is 10.4 Å². The van der Waals surface area contributed by atoms with Crippen molar-refractivity contribution in [3.8, 4) is 11.5 Å². The number of aromatic carboxylic acids is 1. The molecule has 0 radical (unpaired) electrons. The summed E-state index contributed by atoms with van der Waals surface area (Å²) in [5.74, 6) is -2.23. The number of aromatic hydroxyl groups is 2. The summed E-state index contributed by atoms with van der Waals surface area (Å²) < 4.78 is 34.0. The molecule has 0 saturated carbocycles. The second kappa shape index (κ2) is 10.1. The number of hydrogen-bond donors (Lipinski definition) is 5. The Morgan fingerprint density at radius 1 is 0.750 bits per heavy atom. The Balaban J connectivity index is 1.59. The van der Waals surface area contributed by atoms with E-state index < -0.39 is 38.2 Å². The second-order valence-corrected chi connectivity index (χ2v) is 9.97. The Morgan fingerprint density at radius 2 is 1.40 bits per heavy atom. The molecule has 12 nitrogen and oxygen atoms in total. The Labute approximate surface area is 226 Å². The highest BCUT2D eigenvalue weighted by Gasteiger charge is 2.22. The summed E-state index contributed by atoms with van der Waals surface area (Å²) in [5.41, 5.74) is 6.25. The fraction of sp³-hybridized carbons (Fsp3) is 0. The van der Waals surface area contributed by atoms with Crippen LogP contribution in [0.25, 0.3) is 21.5 Å². The first kappa shape index (κ1) is 26.2. The molecule has 200 valence electrons. The number of phenolic OH excluding ortho intramolecular Hbond substituents is 1. The van der Waals surface area contributed by atoms with Gasteiger partial charge in [-0.15, -0.1) is 15.3 Å². The maximum Gasteiger partial charge on any atom is 0.339 e. The van der Waals surface area contributed by atoms with E-state index in [1.165, 1.54) is 42.5 Å². The summed E-state index contributed by atoms with van der Waals surface area (Å²) in [5, 5.41) is 47.9. The van der Waals surface area contributed by atoms with Gasteiger partial charge in [0.05, 0.1) is 17.1 Å². The van der Waals surface area contributed by atoms with Crippen LogP contribution in [0.2, 0.25) is 0 Å². The Morgan fingerprint density at radius 3 is 2.02 bits per heavy atom. The average Bonchev–Trinajstić information content (AvgIpc) is 2.92. The van der Waals surface area contributed by atoms with E-state index in [4.69, 9.17) is 5.73 Å². The van der Waals surface area contributed by atoms with Gasteiger partial charge in [-0.25, -0.2) is 4.79 Å². The molecular formula is C27H19N5O7S. The lowest BCUT2D eigenvalue weighted by atomic mass is 10.1. The van der Waals surface area contributed by atoms with Crippen molar-refractivity contribution in [3.63, 3.8) is 0 Å². The summed E-state index contributed by atoms with van der Waals surface area (Å²) in [6.45, 7) is 0.